The molecule has 0 saturated heterocycles. The zero-order chi connectivity index (χ0) is 17.7. The van der Waals surface area contributed by atoms with Crippen LogP contribution in [0.4, 0.5) is 5.69 Å². The summed E-state index contributed by atoms with van der Waals surface area (Å²) in [4.78, 5) is 24.3. The molecule has 0 spiro atoms. The van der Waals surface area contributed by atoms with Crippen LogP contribution >= 0.6 is 15.9 Å². The molecule has 1 amide bonds. The van der Waals surface area contributed by atoms with E-state index < -0.39 is 18.0 Å². The minimum absolute atomic E-state index is 0.381. The molecule has 0 heterocycles. The number of benzene rings is 2. The number of amides is 1. The molecule has 0 aliphatic carbocycles. The fourth-order valence-corrected chi connectivity index (χ4v) is 2.29. The first-order chi connectivity index (χ1) is 11.4. The van der Waals surface area contributed by atoms with Gasteiger partial charge in [-0.3, -0.25) is 4.79 Å². The molecule has 0 saturated carbocycles. The van der Waals surface area contributed by atoms with Crippen molar-refractivity contribution in [1.82, 2.24) is 0 Å². The minimum atomic E-state index is -0.939. The van der Waals surface area contributed by atoms with Gasteiger partial charge in [0.25, 0.3) is 5.91 Å². The van der Waals surface area contributed by atoms with Gasteiger partial charge in [-0.2, -0.15) is 0 Å². The zero-order valence-electron chi connectivity index (χ0n) is 13.6. The van der Waals surface area contributed by atoms with E-state index in [9.17, 15) is 9.59 Å². The Bertz CT molecular complexity index is 743. The number of rotatable bonds is 5. The van der Waals surface area contributed by atoms with Crippen LogP contribution in [0.25, 0.3) is 0 Å². The van der Waals surface area contributed by atoms with E-state index in [-0.39, 0.29) is 0 Å². The average Bonchev–Trinajstić information content (AvgIpc) is 2.55. The summed E-state index contributed by atoms with van der Waals surface area (Å²) < 4.78 is 11.3. The van der Waals surface area contributed by atoms with E-state index in [1.807, 2.05) is 13.0 Å². The number of anilines is 1. The van der Waals surface area contributed by atoms with Crippen molar-refractivity contribution >= 4 is 33.5 Å². The molecule has 0 bridgehead atoms. The van der Waals surface area contributed by atoms with E-state index in [0.29, 0.717) is 17.0 Å². The van der Waals surface area contributed by atoms with Crippen LogP contribution in [-0.4, -0.2) is 25.1 Å². The summed E-state index contributed by atoms with van der Waals surface area (Å²) in [5, 5.41) is 2.72. The van der Waals surface area contributed by atoms with Crippen LogP contribution in [-0.2, 0) is 9.53 Å². The molecule has 6 heteroatoms. The van der Waals surface area contributed by atoms with Crippen LogP contribution in [0, 0.1) is 6.92 Å². The molecule has 0 fully saturated rings. The average molecular weight is 392 g/mol. The quantitative estimate of drug-likeness (QED) is 0.783. The summed E-state index contributed by atoms with van der Waals surface area (Å²) >= 11 is 3.30. The highest BCUT2D eigenvalue weighted by Gasteiger charge is 2.20. The highest BCUT2D eigenvalue weighted by Crippen LogP contribution is 2.25. The number of ether oxygens (including phenoxy) is 2. The van der Waals surface area contributed by atoms with Gasteiger partial charge in [0.15, 0.2) is 6.10 Å². The Morgan fingerprint density at radius 1 is 1.12 bits per heavy atom. The zero-order valence-corrected chi connectivity index (χ0v) is 15.2. The molecule has 24 heavy (non-hydrogen) atoms. The van der Waals surface area contributed by atoms with E-state index >= 15 is 0 Å². The molecule has 0 aromatic heterocycles. The Hall–Kier alpha value is -2.34. The topological polar surface area (TPSA) is 64.6 Å². The number of aryl methyl sites for hydroxylation is 1. The summed E-state index contributed by atoms with van der Waals surface area (Å²) in [5.74, 6) is -0.439. The van der Waals surface area contributed by atoms with Gasteiger partial charge in [0.05, 0.1) is 18.4 Å². The number of hydrogen-bond acceptors (Lipinski definition) is 4. The minimum Gasteiger partial charge on any atom is -0.495 e. The highest BCUT2D eigenvalue weighted by molar-refractivity contribution is 9.10. The normalized spacial score (nSPS) is 11.5. The fraction of sp³-hybridized carbons (Fsp3) is 0.222. The summed E-state index contributed by atoms with van der Waals surface area (Å²) in [6.45, 7) is 3.43. The Labute approximate surface area is 149 Å². The van der Waals surface area contributed by atoms with Crippen LogP contribution in [0.1, 0.15) is 22.8 Å². The molecule has 126 valence electrons. The summed E-state index contributed by atoms with van der Waals surface area (Å²) in [5.41, 5.74) is 1.89. The van der Waals surface area contributed by atoms with E-state index in [1.54, 1.807) is 36.4 Å². The van der Waals surface area contributed by atoms with E-state index in [2.05, 4.69) is 21.2 Å². The Kier molecular flexibility index (Phi) is 5.98. The smallest absolute Gasteiger partial charge is 0.338 e. The van der Waals surface area contributed by atoms with E-state index in [4.69, 9.17) is 9.47 Å². The first kappa shape index (κ1) is 18.0. The van der Waals surface area contributed by atoms with Gasteiger partial charge in [-0.15, -0.1) is 0 Å². The van der Waals surface area contributed by atoms with Crippen molar-refractivity contribution in [3.8, 4) is 5.75 Å². The summed E-state index contributed by atoms with van der Waals surface area (Å²) in [6, 6.07) is 12.2. The summed E-state index contributed by atoms with van der Waals surface area (Å²) in [7, 11) is 1.53. The van der Waals surface area contributed by atoms with Gasteiger partial charge in [-0.25, -0.2) is 4.79 Å². The van der Waals surface area contributed by atoms with Gasteiger partial charge < -0.3 is 14.8 Å². The van der Waals surface area contributed by atoms with Crippen LogP contribution in [0.3, 0.4) is 0 Å². The Morgan fingerprint density at radius 3 is 2.42 bits per heavy atom. The van der Waals surface area contributed by atoms with Gasteiger partial charge in [-0.05, 0) is 55.8 Å². The lowest BCUT2D eigenvalue weighted by Gasteiger charge is -2.15. The predicted molar refractivity (Wildman–Crippen MR) is 95.4 cm³/mol. The maximum atomic E-state index is 12.3. The monoisotopic (exact) mass is 391 g/mol. The van der Waals surface area contributed by atoms with Crippen LogP contribution in [0.2, 0.25) is 0 Å². The van der Waals surface area contributed by atoms with Crippen molar-refractivity contribution in [2.45, 2.75) is 20.0 Å². The van der Waals surface area contributed by atoms with Crippen molar-refractivity contribution < 1.29 is 19.1 Å². The van der Waals surface area contributed by atoms with Crippen molar-refractivity contribution in [3.63, 3.8) is 0 Å². The molecule has 0 aliphatic heterocycles. The van der Waals surface area contributed by atoms with Gasteiger partial charge in [0, 0.05) is 4.47 Å². The lowest BCUT2D eigenvalue weighted by Crippen LogP contribution is -2.30. The molecule has 2 aromatic carbocycles. The molecule has 1 unspecified atom stereocenters. The van der Waals surface area contributed by atoms with Crippen molar-refractivity contribution in [2.75, 3.05) is 12.4 Å². The Balaban J connectivity index is 2.03. The lowest BCUT2D eigenvalue weighted by atomic mass is 10.2. The number of halogens is 1. The van der Waals surface area contributed by atoms with Crippen molar-refractivity contribution in [2.24, 2.45) is 0 Å². The van der Waals surface area contributed by atoms with Gasteiger partial charge in [0.1, 0.15) is 5.75 Å². The van der Waals surface area contributed by atoms with Crippen LogP contribution < -0.4 is 10.1 Å². The van der Waals surface area contributed by atoms with Crippen molar-refractivity contribution in [1.29, 1.82) is 0 Å². The molecule has 2 rings (SSSR count). The standard InChI is InChI=1S/C18H18BrNO4/c1-11-4-9-16(23-3)15(10-11)20-17(21)12(2)24-18(22)13-5-7-14(19)8-6-13/h4-10,12H,1-3H3,(H,20,21). The molecule has 2 aromatic rings. The SMILES string of the molecule is COc1ccc(C)cc1NC(=O)C(C)OC(=O)c1ccc(Br)cc1. The number of methoxy groups -OCH3 is 1. The summed E-state index contributed by atoms with van der Waals surface area (Å²) in [6.07, 6.45) is -0.939. The molecular weight excluding hydrogens is 374 g/mol. The number of carbonyl (C=O) groups is 2. The van der Waals surface area contributed by atoms with Gasteiger partial charge in [0.2, 0.25) is 0 Å². The second-order valence-electron chi connectivity index (χ2n) is 5.25. The van der Waals surface area contributed by atoms with Gasteiger partial charge in [-0.1, -0.05) is 22.0 Å². The number of hydrogen-bond donors (Lipinski definition) is 1. The number of carbonyl (C=O) groups excluding carboxylic acids is 2. The lowest BCUT2D eigenvalue weighted by molar-refractivity contribution is -0.123. The largest absolute Gasteiger partial charge is 0.495 e. The Morgan fingerprint density at radius 2 is 1.79 bits per heavy atom. The fourth-order valence-electron chi connectivity index (χ4n) is 2.02. The van der Waals surface area contributed by atoms with E-state index in [0.717, 1.165) is 10.0 Å². The van der Waals surface area contributed by atoms with E-state index in [1.165, 1.54) is 14.0 Å². The maximum Gasteiger partial charge on any atom is 0.338 e. The van der Waals surface area contributed by atoms with Gasteiger partial charge >= 0.3 is 5.97 Å². The molecule has 0 radical (unpaired) electrons. The third-order valence-corrected chi connectivity index (χ3v) is 3.87. The first-order valence-corrected chi connectivity index (χ1v) is 8.12. The maximum absolute atomic E-state index is 12.3. The third kappa shape index (κ3) is 4.58. The third-order valence-electron chi connectivity index (χ3n) is 3.35. The van der Waals surface area contributed by atoms with Crippen LogP contribution in [0.5, 0.6) is 5.75 Å². The molecule has 0 aliphatic rings. The second kappa shape index (κ2) is 7.97. The molecular formula is C18H18BrNO4. The number of nitrogens with one attached hydrogen (secondary N) is 1. The van der Waals surface area contributed by atoms with Crippen LogP contribution in [0.15, 0.2) is 46.9 Å². The molecule has 5 nitrogen and oxygen atoms in total. The second-order valence-corrected chi connectivity index (χ2v) is 6.16. The number of esters is 1. The predicted octanol–water partition coefficient (Wildman–Crippen LogP) is 3.95. The van der Waals surface area contributed by atoms with Crippen molar-refractivity contribution in [3.05, 3.63) is 58.1 Å². The highest BCUT2D eigenvalue weighted by atomic mass is 79.9. The molecule has 1 N–H and O–H groups in total. The molecule has 1 atom stereocenters. The first-order valence-electron chi connectivity index (χ1n) is 7.32.